The van der Waals surface area contributed by atoms with Crippen molar-refractivity contribution in [2.24, 2.45) is 0 Å². The van der Waals surface area contributed by atoms with Gasteiger partial charge in [0.15, 0.2) is 0 Å². The van der Waals surface area contributed by atoms with Crippen molar-refractivity contribution in [3.05, 3.63) is 47.8 Å². The first-order chi connectivity index (χ1) is 9.56. The van der Waals surface area contributed by atoms with Crippen LogP contribution in [0.1, 0.15) is 11.1 Å². The summed E-state index contributed by atoms with van der Waals surface area (Å²) in [5.41, 5.74) is 2.58. The van der Waals surface area contributed by atoms with Crippen LogP contribution in [0.3, 0.4) is 0 Å². The smallest absolute Gasteiger partial charge is 0.316 e. The van der Waals surface area contributed by atoms with Gasteiger partial charge in [-0.2, -0.15) is 0 Å². The first-order valence-electron chi connectivity index (χ1n) is 6.03. The molecule has 0 fully saturated rings. The third kappa shape index (κ3) is 3.38. The second-order valence-corrected chi connectivity index (χ2v) is 4.30. The number of aryl methyl sites for hydroxylation is 2. The highest BCUT2D eigenvalue weighted by molar-refractivity contribution is 6.43. The summed E-state index contributed by atoms with van der Waals surface area (Å²) in [5, 5.41) is 4.87. The van der Waals surface area contributed by atoms with E-state index in [0.29, 0.717) is 5.69 Å². The second kappa shape index (κ2) is 5.92. The molecule has 0 aliphatic heterocycles. The zero-order valence-electron chi connectivity index (χ0n) is 11.2. The van der Waals surface area contributed by atoms with E-state index < -0.39 is 11.8 Å². The van der Waals surface area contributed by atoms with E-state index in [1.54, 1.807) is 12.1 Å². The maximum absolute atomic E-state index is 11.8. The Kier molecular flexibility index (Phi) is 4.05. The van der Waals surface area contributed by atoms with Gasteiger partial charge in [0.1, 0.15) is 0 Å². The van der Waals surface area contributed by atoms with E-state index in [0.717, 1.165) is 11.1 Å². The highest BCUT2D eigenvalue weighted by Crippen LogP contribution is 2.15. The van der Waals surface area contributed by atoms with Gasteiger partial charge in [-0.3, -0.25) is 14.9 Å². The summed E-state index contributed by atoms with van der Waals surface area (Å²) in [6.45, 7) is 3.82. The molecule has 2 rings (SSSR count). The molecule has 0 radical (unpaired) electrons. The number of nitrogens with zero attached hydrogens (tertiary/aromatic N) is 2. The molecule has 0 saturated carbocycles. The number of nitrogens with one attached hydrogen (secondary N) is 2. The third-order valence-electron chi connectivity index (χ3n) is 2.63. The molecular formula is C14H14N4O2. The van der Waals surface area contributed by atoms with Crippen LogP contribution in [0, 0.1) is 13.8 Å². The Bertz CT molecular complexity index is 641. The molecule has 6 nitrogen and oxygen atoms in total. The third-order valence-corrected chi connectivity index (χ3v) is 2.63. The quantitative estimate of drug-likeness (QED) is 0.813. The van der Waals surface area contributed by atoms with Crippen LogP contribution < -0.4 is 10.6 Å². The average molecular weight is 270 g/mol. The van der Waals surface area contributed by atoms with Crippen LogP contribution >= 0.6 is 0 Å². The van der Waals surface area contributed by atoms with Gasteiger partial charge < -0.3 is 5.32 Å². The van der Waals surface area contributed by atoms with E-state index in [9.17, 15) is 9.59 Å². The predicted molar refractivity (Wildman–Crippen MR) is 75.2 cm³/mol. The number of hydrogen-bond acceptors (Lipinski definition) is 4. The van der Waals surface area contributed by atoms with Gasteiger partial charge in [-0.1, -0.05) is 17.7 Å². The minimum Gasteiger partial charge on any atom is -0.318 e. The normalized spacial score (nSPS) is 9.90. The zero-order valence-corrected chi connectivity index (χ0v) is 11.2. The van der Waals surface area contributed by atoms with E-state index in [1.807, 2.05) is 26.0 Å². The fourth-order valence-electron chi connectivity index (χ4n) is 1.65. The highest BCUT2D eigenvalue weighted by atomic mass is 16.2. The molecule has 2 N–H and O–H groups in total. The van der Waals surface area contributed by atoms with E-state index >= 15 is 0 Å². The van der Waals surface area contributed by atoms with Crippen LogP contribution in [0.15, 0.2) is 36.7 Å². The lowest BCUT2D eigenvalue weighted by molar-refractivity contribution is -0.133. The summed E-state index contributed by atoms with van der Waals surface area (Å²) < 4.78 is 0. The SMILES string of the molecule is Cc1ccc(NC(=O)C(=O)Nc2ncccn2)c(C)c1. The van der Waals surface area contributed by atoms with Crippen molar-refractivity contribution >= 4 is 23.5 Å². The van der Waals surface area contributed by atoms with Gasteiger partial charge in [0, 0.05) is 18.1 Å². The number of benzene rings is 1. The lowest BCUT2D eigenvalue weighted by Crippen LogP contribution is -2.30. The number of anilines is 2. The highest BCUT2D eigenvalue weighted by Gasteiger charge is 2.15. The lowest BCUT2D eigenvalue weighted by Gasteiger charge is -2.08. The first kappa shape index (κ1) is 13.7. The van der Waals surface area contributed by atoms with Crippen LogP contribution in [-0.2, 0) is 9.59 Å². The standard InChI is InChI=1S/C14H14N4O2/c1-9-4-5-11(10(2)8-9)17-12(19)13(20)18-14-15-6-3-7-16-14/h3-8H,1-2H3,(H,17,19)(H,15,16,18,20). The number of aromatic nitrogens is 2. The van der Waals surface area contributed by atoms with Gasteiger partial charge in [-0.15, -0.1) is 0 Å². The van der Waals surface area contributed by atoms with Crippen molar-refractivity contribution in [1.29, 1.82) is 0 Å². The van der Waals surface area contributed by atoms with Gasteiger partial charge >= 0.3 is 11.8 Å². The Labute approximate surface area is 116 Å². The molecule has 0 spiro atoms. The molecule has 6 heteroatoms. The molecule has 2 aromatic rings. The summed E-state index contributed by atoms with van der Waals surface area (Å²) in [5.74, 6) is -1.48. The van der Waals surface area contributed by atoms with Crippen molar-refractivity contribution in [2.75, 3.05) is 10.6 Å². The second-order valence-electron chi connectivity index (χ2n) is 4.30. The van der Waals surface area contributed by atoms with Crippen molar-refractivity contribution < 1.29 is 9.59 Å². The molecule has 0 bridgehead atoms. The van der Waals surface area contributed by atoms with E-state index in [4.69, 9.17) is 0 Å². The van der Waals surface area contributed by atoms with Crippen molar-refractivity contribution in [1.82, 2.24) is 9.97 Å². The number of amides is 2. The monoisotopic (exact) mass is 270 g/mol. The zero-order chi connectivity index (χ0) is 14.5. The predicted octanol–water partition coefficient (Wildman–Crippen LogP) is 1.67. The van der Waals surface area contributed by atoms with Crippen molar-refractivity contribution in [3.63, 3.8) is 0 Å². The summed E-state index contributed by atoms with van der Waals surface area (Å²) in [4.78, 5) is 31.1. The largest absolute Gasteiger partial charge is 0.318 e. The molecule has 0 aliphatic carbocycles. The summed E-state index contributed by atoms with van der Waals surface area (Å²) in [6, 6.07) is 7.16. The molecule has 0 saturated heterocycles. The molecule has 0 aliphatic rings. The van der Waals surface area contributed by atoms with Crippen molar-refractivity contribution in [2.45, 2.75) is 13.8 Å². The molecule has 0 unspecified atom stereocenters. The van der Waals surface area contributed by atoms with Gasteiger partial charge in [0.25, 0.3) is 0 Å². The molecule has 0 atom stereocenters. The number of carbonyl (C=O) groups excluding carboxylic acids is 2. The molecule has 1 aromatic carbocycles. The molecule has 20 heavy (non-hydrogen) atoms. The Hall–Kier alpha value is -2.76. The summed E-state index contributed by atoms with van der Waals surface area (Å²) >= 11 is 0. The Morgan fingerprint density at radius 3 is 2.30 bits per heavy atom. The summed E-state index contributed by atoms with van der Waals surface area (Å²) in [6.07, 6.45) is 2.95. The molecular weight excluding hydrogens is 256 g/mol. The molecule has 1 aromatic heterocycles. The molecule has 1 heterocycles. The van der Waals surface area contributed by atoms with Crippen LogP contribution in [0.5, 0.6) is 0 Å². The minimum atomic E-state index is -0.809. The van der Waals surface area contributed by atoms with Gasteiger partial charge in [-0.25, -0.2) is 9.97 Å². The van der Waals surface area contributed by atoms with Crippen LogP contribution in [0.2, 0.25) is 0 Å². The number of rotatable bonds is 2. The van der Waals surface area contributed by atoms with E-state index in [1.165, 1.54) is 12.4 Å². The molecule has 102 valence electrons. The Morgan fingerprint density at radius 2 is 1.65 bits per heavy atom. The maximum atomic E-state index is 11.8. The van der Waals surface area contributed by atoms with Crippen molar-refractivity contribution in [3.8, 4) is 0 Å². The lowest BCUT2D eigenvalue weighted by atomic mass is 10.1. The van der Waals surface area contributed by atoms with Crippen LogP contribution in [-0.4, -0.2) is 21.8 Å². The fraction of sp³-hybridized carbons (Fsp3) is 0.143. The van der Waals surface area contributed by atoms with Crippen LogP contribution in [0.4, 0.5) is 11.6 Å². The van der Waals surface area contributed by atoms with E-state index in [2.05, 4.69) is 20.6 Å². The van der Waals surface area contributed by atoms with Gasteiger partial charge in [0.05, 0.1) is 0 Å². The Balaban J connectivity index is 2.03. The first-order valence-corrected chi connectivity index (χ1v) is 6.03. The number of carbonyl (C=O) groups is 2. The summed E-state index contributed by atoms with van der Waals surface area (Å²) in [7, 11) is 0. The number of hydrogen-bond donors (Lipinski definition) is 2. The average Bonchev–Trinajstić information content (AvgIpc) is 2.43. The fourth-order valence-corrected chi connectivity index (χ4v) is 1.65. The maximum Gasteiger partial charge on any atom is 0.316 e. The van der Waals surface area contributed by atoms with Gasteiger partial charge in [0.2, 0.25) is 5.95 Å². The molecule has 2 amide bonds. The Morgan fingerprint density at radius 1 is 1.00 bits per heavy atom. The topological polar surface area (TPSA) is 84.0 Å². The van der Waals surface area contributed by atoms with E-state index in [-0.39, 0.29) is 5.95 Å². The minimum absolute atomic E-state index is 0.0910. The van der Waals surface area contributed by atoms with Gasteiger partial charge in [-0.05, 0) is 31.5 Å². The van der Waals surface area contributed by atoms with Crippen LogP contribution in [0.25, 0.3) is 0 Å².